The van der Waals surface area contributed by atoms with Crippen LogP contribution < -0.4 is 5.32 Å². The lowest BCUT2D eigenvalue weighted by Gasteiger charge is -2.07. The Kier molecular flexibility index (Phi) is 4.10. The molecule has 0 saturated heterocycles. The van der Waals surface area contributed by atoms with Crippen LogP contribution in [0.3, 0.4) is 0 Å². The summed E-state index contributed by atoms with van der Waals surface area (Å²) in [5.74, 6) is 0.0286. The maximum absolute atomic E-state index is 11.8. The lowest BCUT2D eigenvalue weighted by Crippen LogP contribution is -2.11. The molecule has 0 bridgehead atoms. The van der Waals surface area contributed by atoms with E-state index in [-0.39, 0.29) is 5.91 Å². The SMILES string of the molecule is CCCC(=O)Nc1cc2nn(-c3ccc(C)cc3)nc2cc1C. The summed E-state index contributed by atoms with van der Waals surface area (Å²) in [5.41, 5.74) is 5.48. The summed E-state index contributed by atoms with van der Waals surface area (Å²) >= 11 is 0. The molecule has 5 heteroatoms. The second-order valence-electron chi connectivity index (χ2n) is 5.78. The third kappa shape index (κ3) is 3.23. The van der Waals surface area contributed by atoms with Gasteiger partial charge in [0.2, 0.25) is 5.91 Å². The fourth-order valence-electron chi connectivity index (χ4n) is 2.44. The summed E-state index contributed by atoms with van der Waals surface area (Å²) in [6, 6.07) is 11.9. The monoisotopic (exact) mass is 308 g/mol. The van der Waals surface area contributed by atoms with E-state index in [2.05, 4.69) is 15.5 Å². The van der Waals surface area contributed by atoms with Crippen molar-refractivity contribution in [1.29, 1.82) is 0 Å². The Morgan fingerprint density at radius 3 is 2.39 bits per heavy atom. The van der Waals surface area contributed by atoms with Crippen LogP contribution >= 0.6 is 0 Å². The van der Waals surface area contributed by atoms with Crippen molar-refractivity contribution in [2.45, 2.75) is 33.6 Å². The predicted molar refractivity (Wildman–Crippen MR) is 91.9 cm³/mol. The number of fused-ring (bicyclic) bond motifs is 1. The van der Waals surface area contributed by atoms with Crippen molar-refractivity contribution in [3.63, 3.8) is 0 Å². The Hall–Kier alpha value is -2.69. The topological polar surface area (TPSA) is 59.8 Å². The minimum Gasteiger partial charge on any atom is -0.326 e. The average Bonchev–Trinajstić information content (AvgIpc) is 2.91. The highest BCUT2D eigenvalue weighted by molar-refractivity contribution is 5.94. The van der Waals surface area contributed by atoms with Crippen LogP contribution in [0, 0.1) is 13.8 Å². The molecule has 1 heterocycles. The van der Waals surface area contributed by atoms with Crippen molar-refractivity contribution >= 4 is 22.6 Å². The molecule has 2 aromatic carbocycles. The van der Waals surface area contributed by atoms with Crippen molar-refractivity contribution in [2.75, 3.05) is 5.32 Å². The van der Waals surface area contributed by atoms with Gasteiger partial charge in [-0.05, 0) is 50.1 Å². The number of hydrogen-bond donors (Lipinski definition) is 1. The molecule has 0 fully saturated rings. The van der Waals surface area contributed by atoms with E-state index in [1.165, 1.54) is 5.56 Å². The van der Waals surface area contributed by atoms with E-state index in [9.17, 15) is 4.79 Å². The molecule has 3 aromatic rings. The molecule has 1 amide bonds. The summed E-state index contributed by atoms with van der Waals surface area (Å²) in [5, 5.41) is 12.0. The largest absolute Gasteiger partial charge is 0.326 e. The van der Waals surface area contributed by atoms with Crippen LogP contribution in [0.5, 0.6) is 0 Å². The molecule has 1 aromatic heterocycles. The van der Waals surface area contributed by atoms with Gasteiger partial charge in [-0.1, -0.05) is 24.6 Å². The summed E-state index contributed by atoms with van der Waals surface area (Å²) in [6.45, 7) is 6.00. The van der Waals surface area contributed by atoms with Crippen molar-refractivity contribution in [3.8, 4) is 5.69 Å². The maximum Gasteiger partial charge on any atom is 0.224 e. The van der Waals surface area contributed by atoms with Crippen LogP contribution in [0.15, 0.2) is 36.4 Å². The molecule has 0 aliphatic carbocycles. The summed E-state index contributed by atoms with van der Waals surface area (Å²) in [7, 11) is 0. The molecular formula is C18H20N4O. The van der Waals surface area contributed by atoms with Crippen LogP contribution in [0.2, 0.25) is 0 Å². The summed E-state index contributed by atoms with van der Waals surface area (Å²) in [4.78, 5) is 13.4. The van der Waals surface area contributed by atoms with Gasteiger partial charge < -0.3 is 5.32 Å². The highest BCUT2D eigenvalue weighted by Crippen LogP contribution is 2.22. The highest BCUT2D eigenvalue weighted by atomic mass is 16.1. The Labute approximate surface area is 135 Å². The lowest BCUT2D eigenvalue weighted by molar-refractivity contribution is -0.116. The van der Waals surface area contributed by atoms with E-state index in [1.807, 2.05) is 57.2 Å². The highest BCUT2D eigenvalue weighted by Gasteiger charge is 2.10. The Balaban J connectivity index is 1.96. The van der Waals surface area contributed by atoms with Gasteiger partial charge in [-0.15, -0.1) is 10.2 Å². The van der Waals surface area contributed by atoms with E-state index in [0.29, 0.717) is 6.42 Å². The number of carbonyl (C=O) groups is 1. The first-order valence-corrected chi connectivity index (χ1v) is 7.81. The third-order valence-electron chi connectivity index (χ3n) is 3.74. The van der Waals surface area contributed by atoms with Gasteiger partial charge >= 0.3 is 0 Å². The first kappa shape index (κ1) is 15.2. The number of hydrogen-bond acceptors (Lipinski definition) is 3. The predicted octanol–water partition coefficient (Wildman–Crippen LogP) is 3.78. The van der Waals surface area contributed by atoms with Crippen LogP contribution in [-0.4, -0.2) is 20.9 Å². The molecule has 0 aliphatic rings. The van der Waals surface area contributed by atoms with Crippen molar-refractivity contribution < 1.29 is 4.79 Å². The Morgan fingerprint density at radius 1 is 1.09 bits per heavy atom. The Morgan fingerprint density at radius 2 is 1.74 bits per heavy atom. The number of aryl methyl sites for hydroxylation is 2. The normalized spacial score (nSPS) is 10.9. The fraction of sp³-hybridized carbons (Fsp3) is 0.278. The molecule has 0 atom stereocenters. The zero-order valence-electron chi connectivity index (χ0n) is 13.6. The molecule has 0 radical (unpaired) electrons. The standard InChI is InChI=1S/C18H20N4O/c1-4-5-18(23)19-15-11-17-16(10-13(15)3)20-22(21-17)14-8-6-12(2)7-9-14/h6-11H,4-5H2,1-3H3,(H,19,23). The van der Waals surface area contributed by atoms with E-state index in [0.717, 1.165) is 34.4 Å². The first-order chi connectivity index (χ1) is 11.1. The average molecular weight is 308 g/mol. The zero-order chi connectivity index (χ0) is 16.4. The Bertz CT molecular complexity index is 849. The maximum atomic E-state index is 11.8. The van der Waals surface area contributed by atoms with Gasteiger partial charge in [0.15, 0.2) is 0 Å². The number of amides is 1. The number of aromatic nitrogens is 3. The van der Waals surface area contributed by atoms with Gasteiger partial charge in [-0.25, -0.2) is 0 Å². The van der Waals surface area contributed by atoms with Crippen molar-refractivity contribution in [1.82, 2.24) is 15.0 Å². The molecule has 1 N–H and O–H groups in total. The van der Waals surface area contributed by atoms with Crippen LogP contribution in [-0.2, 0) is 4.79 Å². The van der Waals surface area contributed by atoms with Gasteiger partial charge in [-0.3, -0.25) is 4.79 Å². The zero-order valence-corrected chi connectivity index (χ0v) is 13.6. The van der Waals surface area contributed by atoms with E-state index < -0.39 is 0 Å². The number of carbonyl (C=O) groups excluding carboxylic acids is 1. The summed E-state index contributed by atoms with van der Waals surface area (Å²) in [6.07, 6.45) is 1.35. The smallest absolute Gasteiger partial charge is 0.224 e. The molecule has 5 nitrogen and oxygen atoms in total. The van der Waals surface area contributed by atoms with Gasteiger partial charge in [0.1, 0.15) is 11.0 Å². The van der Waals surface area contributed by atoms with Crippen LogP contribution in [0.1, 0.15) is 30.9 Å². The van der Waals surface area contributed by atoms with Crippen LogP contribution in [0.4, 0.5) is 5.69 Å². The quantitative estimate of drug-likeness (QED) is 0.798. The fourth-order valence-corrected chi connectivity index (χ4v) is 2.44. The van der Waals surface area contributed by atoms with E-state index in [4.69, 9.17) is 0 Å². The molecule has 0 saturated carbocycles. The number of rotatable bonds is 4. The van der Waals surface area contributed by atoms with Gasteiger partial charge in [-0.2, -0.15) is 4.80 Å². The second-order valence-corrected chi connectivity index (χ2v) is 5.78. The summed E-state index contributed by atoms with van der Waals surface area (Å²) < 4.78 is 0. The first-order valence-electron chi connectivity index (χ1n) is 7.81. The lowest BCUT2D eigenvalue weighted by atomic mass is 10.1. The second kappa shape index (κ2) is 6.20. The minimum absolute atomic E-state index is 0.0286. The molecule has 0 unspecified atom stereocenters. The number of nitrogens with zero attached hydrogens (tertiary/aromatic N) is 3. The molecule has 23 heavy (non-hydrogen) atoms. The molecule has 0 aliphatic heterocycles. The van der Waals surface area contributed by atoms with Gasteiger partial charge in [0.25, 0.3) is 0 Å². The molecular weight excluding hydrogens is 288 g/mol. The van der Waals surface area contributed by atoms with E-state index in [1.54, 1.807) is 4.80 Å². The minimum atomic E-state index is 0.0286. The van der Waals surface area contributed by atoms with Crippen molar-refractivity contribution in [2.24, 2.45) is 0 Å². The molecule has 118 valence electrons. The number of benzene rings is 2. The molecule has 0 spiro atoms. The van der Waals surface area contributed by atoms with Gasteiger partial charge in [0.05, 0.1) is 5.69 Å². The number of nitrogens with one attached hydrogen (secondary N) is 1. The molecule has 3 rings (SSSR count). The van der Waals surface area contributed by atoms with Crippen LogP contribution in [0.25, 0.3) is 16.7 Å². The third-order valence-corrected chi connectivity index (χ3v) is 3.74. The van der Waals surface area contributed by atoms with Gasteiger partial charge in [0, 0.05) is 12.1 Å². The number of anilines is 1. The van der Waals surface area contributed by atoms with Crippen molar-refractivity contribution in [3.05, 3.63) is 47.5 Å². The van der Waals surface area contributed by atoms with E-state index >= 15 is 0 Å².